The quantitative estimate of drug-likeness (QED) is 0.553. The molecule has 0 saturated carbocycles. The van der Waals surface area contributed by atoms with Crippen molar-refractivity contribution >= 4 is 33.6 Å². The number of sulfonamides is 1. The maximum absolute atomic E-state index is 14.0. The van der Waals surface area contributed by atoms with Gasteiger partial charge in [-0.1, -0.05) is 26.0 Å². The molecule has 1 aromatic carbocycles. The monoisotopic (exact) mass is 469 g/mol. The normalized spacial score (nSPS) is 23.3. The Bertz CT molecular complexity index is 1000. The molecule has 3 rings (SSSR count). The summed E-state index contributed by atoms with van der Waals surface area (Å²) in [7, 11) is -3.47. The van der Waals surface area contributed by atoms with E-state index in [9.17, 15) is 27.2 Å². The Balaban J connectivity index is 1.81. The van der Waals surface area contributed by atoms with Gasteiger partial charge in [-0.05, 0) is 18.6 Å². The van der Waals surface area contributed by atoms with Crippen LogP contribution in [-0.4, -0.2) is 80.1 Å². The van der Waals surface area contributed by atoms with Gasteiger partial charge in [0.1, 0.15) is 11.9 Å². The summed E-state index contributed by atoms with van der Waals surface area (Å²) in [5, 5.41) is 5.17. The van der Waals surface area contributed by atoms with E-state index in [4.69, 9.17) is 0 Å². The Kier molecular flexibility index (Phi) is 7.03. The number of nitrogens with zero attached hydrogens (tertiary/aromatic N) is 2. The van der Waals surface area contributed by atoms with Crippen LogP contribution in [0.15, 0.2) is 24.3 Å². The molecule has 2 saturated heterocycles. The zero-order chi connectivity index (χ0) is 23.6. The van der Waals surface area contributed by atoms with Crippen LogP contribution in [0.1, 0.15) is 20.3 Å². The lowest BCUT2D eigenvalue weighted by Gasteiger charge is -2.42. The molecule has 10 nitrogen and oxygen atoms in total. The SMILES string of the molecule is CC(C)C(=O)NC[C@H]1C(=O)N2C[C@@H](NS(C)(=O)=O)C[C@H]2CN1C(=O)Nc1ccccc1F. The third-order valence-corrected chi connectivity index (χ3v) is 6.28. The molecule has 4 amide bonds. The second kappa shape index (κ2) is 9.41. The minimum atomic E-state index is -3.47. The molecule has 2 fully saturated rings. The summed E-state index contributed by atoms with van der Waals surface area (Å²) in [5.74, 6) is -1.59. The van der Waals surface area contributed by atoms with Gasteiger partial charge in [0.25, 0.3) is 0 Å². The van der Waals surface area contributed by atoms with E-state index in [-0.39, 0.29) is 37.1 Å². The Morgan fingerprint density at radius 3 is 2.53 bits per heavy atom. The molecule has 0 bridgehead atoms. The number of anilines is 1. The van der Waals surface area contributed by atoms with E-state index >= 15 is 0 Å². The fourth-order valence-corrected chi connectivity index (χ4v) is 4.78. The van der Waals surface area contributed by atoms with Crippen molar-refractivity contribution in [3.63, 3.8) is 0 Å². The number of urea groups is 1. The number of carbonyl (C=O) groups is 3. The van der Waals surface area contributed by atoms with E-state index in [1.54, 1.807) is 24.8 Å². The van der Waals surface area contributed by atoms with E-state index in [1.165, 1.54) is 23.1 Å². The third-order valence-electron chi connectivity index (χ3n) is 5.52. The van der Waals surface area contributed by atoms with Crippen molar-refractivity contribution in [3.05, 3.63) is 30.1 Å². The lowest BCUT2D eigenvalue weighted by Crippen LogP contribution is -2.64. The summed E-state index contributed by atoms with van der Waals surface area (Å²) in [5.41, 5.74) is -0.0274. The van der Waals surface area contributed by atoms with Crippen molar-refractivity contribution in [2.45, 2.75) is 38.4 Å². The predicted octanol–water partition coefficient (Wildman–Crippen LogP) is 0.333. The Hall–Kier alpha value is -2.73. The largest absolute Gasteiger partial charge is 0.353 e. The summed E-state index contributed by atoms with van der Waals surface area (Å²) in [4.78, 5) is 41.1. The first-order valence-electron chi connectivity index (χ1n) is 10.3. The Morgan fingerprint density at radius 1 is 1.22 bits per heavy atom. The molecule has 0 aromatic heterocycles. The number of piperazine rings is 1. The highest BCUT2D eigenvalue weighted by molar-refractivity contribution is 7.88. The number of hydrogen-bond donors (Lipinski definition) is 3. The molecule has 0 radical (unpaired) electrons. The fourth-order valence-electron chi connectivity index (χ4n) is 4.00. The highest BCUT2D eigenvalue weighted by atomic mass is 32.2. The van der Waals surface area contributed by atoms with Crippen LogP contribution in [0, 0.1) is 11.7 Å². The van der Waals surface area contributed by atoms with Crippen LogP contribution in [0.5, 0.6) is 0 Å². The van der Waals surface area contributed by atoms with Crippen LogP contribution in [0.4, 0.5) is 14.9 Å². The molecular weight excluding hydrogens is 441 g/mol. The van der Waals surface area contributed by atoms with Crippen LogP contribution in [0.25, 0.3) is 0 Å². The first kappa shape index (κ1) is 23.9. The van der Waals surface area contributed by atoms with Crippen LogP contribution in [0.3, 0.4) is 0 Å². The number of carbonyl (C=O) groups excluding carboxylic acids is 3. The molecule has 2 aliphatic rings. The number of hydrogen-bond acceptors (Lipinski definition) is 5. The van der Waals surface area contributed by atoms with E-state index in [0.717, 1.165) is 6.26 Å². The second-order valence-corrected chi connectivity index (χ2v) is 10.2. The van der Waals surface area contributed by atoms with E-state index in [0.29, 0.717) is 6.42 Å². The number of fused-ring (bicyclic) bond motifs is 1. The van der Waals surface area contributed by atoms with Gasteiger partial charge in [0.15, 0.2) is 0 Å². The highest BCUT2D eigenvalue weighted by Gasteiger charge is 2.47. The molecule has 12 heteroatoms. The van der Waals surface area contributed by atoms with Crippen LogP contribution in [0.2, 0.25) is 0 Å². The van der Waals surface area contributed by atoms with Gasteiger partial charge in [-0.25, -0.2) is 22.3 Å². The summed E-state index contributed by atoms with van der Waals surface area (Å²) >= 11 is 0. The highest BCUT2D eigenvalue weighted by Crippen LogP contribution is 2.27. The predicted molar refractivity (Wildman–Crippen MR) is 116 cm³/mol. The number of halogens is 1. The van der Waals surface area contributed by atoms with E-state index < -0.39 is 45.9 Å². The number of rotatable bonds is 6. The standard InChI is InChI=1S/C20H28FN5O5S/c1-12(2)18(27)22-9-17-19(28)25-10-13(24-32(3,30)31)8-14(25)11-26(17)20(29)23-16-7-5-4-6-15(16)21/h4-7,12-14,17,24H,8-11H2,1-3H3,(H,22,27)(H,23,29)/t13-,14-,17-/m0/s1. The van der Waals surface area contributed by atoms with Gasteiger partial charge in [0.2, 0.25) is 21.8 Å². The zero-order valence-corrected chi connectivity index (χ0v) is 19.0. The molecule has 2 aliphatic heterocycles. The van der Waals surface area contributed by atoms with Gasteiger partial charge in [-0.3, -0.25) is 9.59 Å². The zero-order valence-electron chi connectivity index (χ0n) is 18.2. The summed E-state index contributed by atoms with van der Waals surface area (Å²) in [6, 6.07) is 3.12. The Labute approximate surface area is 186 Å². The van der Waals surface area contributed by atoms with Gasteiger partial charge in [0.05, 0.1) is 18.0 Å². The molecule has 0 spiro atoms. The van der Waals surface area contributed by atoms with Crippen LogP contribution >= 0.6 is 0 Å². The van der Waals surface area contributed by atoms with Gasteiger partial charge in [0, 0.05) is 31.6 Å². The lowest BCUT2D eigenvalue weighted by atomic mass is 10.1. The lowest BCUT2D eigenvalue weighted by molar-refractivity contribution is -0.141. The van der Waals surface area contributed by atoms with E-state index in [2.05, 4.69) is 15.4 Å². The van der Waals surface area contributed by atoms with Gasteiger partial charge < -0.3 is 20.4 Å². The van der Waals surface area contributed by atoms with Crippen LogP contribution < -0.4 is 15.4 Å². The molecule has 3 N–H and O–H groups in total. The minimum Gasteiger partial charge on any atom is -0.353 e. The smallest absolute Gasteiger partial charge is 0.322 e. The van der Waals surface area contributed by atoms with E-state index in [1.807, 2.05) is 0 Å². The average Bonchev–Trinajstić information content (AvgIpc) is 3.09. The van der Waals surface area contributed by atoms with Crippen molar-refractivity contribution in [1.82, 2.24) is 19.8 Å². The molecule has 32 heavy (non-hydrogen) atoms. The summed E-state index contributed by atoms with van der Waals surface area (Å²) in [6.07, 6.45) is 1.39. The minimum absolute atomic E-state index is 0.0274. The molecule has 3 atom stereocenters. The first-order chi connectivity index (χ1) is 15.0. The molecular formula is C20H28FN5O5S. The molecule has 176 valence electrons. The molecule has 2 heterocycles. The van der Waals surface area contributed by atoms with Gasteiger partial charge in [-0.2, -0.15) is 0 Å². The maximum atomic E-state index is 14.0. The van der Waals surface area contributed by atoms with Crippen molar-refractivity contribution in [3.8, 4) is 0 Å². The number of amides is 4. The fraction of sp³-hybridized carbons (Fsp3) is 0.550. The molecule has 0 unspecified atom stereocenters. The summed E-state index contributed by atoms with van der Waals surface area (Å²) < 4.78 is 39.8. The number of benzene rings is 1. The number of nitrogens with one attached hydrogen (secondary N) is 3. The number of para-hydroxylation sites is 1. The molecule has 1 aromatic rings. The van der Waals surface area contributed by atoms with Gasteiger partial charge in [-0.15, -0.1) is 0 Å². The van der Waals surface area contributed by atoms with Crippen LogP contribution in [-0.2, 0) is 19.6 Å². The Morgan fingerprint density at radius 2 is 1.91 bits per heavy atom. The van der Waals surface area contributed by atoms with Crippen molar-refractivity contribution in [1.29, 1.82) is 0 Å². The molecule has 0 aliphatic carbocycles. The van der Waals surface area contributed by atoms with Gasteiger partial charge >= 0.3 is 6.03 Å². The van der Waals surface area contributed by atoms with Crippen molar-refractivity contribution in [2.24, 2.45) is 5.92 Å². The third kappa shape index (κ3) is 5.54. The first-order valence-corrected chi connectivity index (χ1v) is 12.2. The maximum Gasteiger partial charge on any atom is 0.322 e. The second-order valence-electron chi connectivity index (χ2n) is 8.45. The summed E-state index contributed by atoms with van der Waals surface area (Å²) in [6.45, 7) is 3.61. The average molecular weight is 470 g/mol. The van der Waals surface area contributed by atoms with Crippen molar-refractivity contribution < 1.29 is 27.2 Å². The van der Waals surface area contributed by atoms with Crippen molar-refractivity contribution in [2.75, 3.05) is 31.2 Å². The topological polar surface area (TPSA) is 128 Å².